The lowest BCUT2D eigenvalue weighted by molar-refractivity contribution is 0.0983. The molecule has 0 unspecified atom stereocenters. The number of hydrogen-bond donors (Lipinski definition) is 0. The maximum Gasteiger partial charge on any atom is 0.260 e. The van der Waals surface area contributed by atoms with Crippen molar-refractivity contribution in [1.82, 2.24) is 4.98 Å². The summed E-state index contributed by atoms with van der Waals surface area (Å²) in [6.45, 7) is 4.45. The lowest BCUT2D eigenvalue weighted by Crippen LogP contribution is -2.30. The number of rotatable bonds is 5. The van der Waals surface area contributed by atoms with Crippen LogP contribution in [0.4, 0.5) is 5.13 Å². The minimum Gasteiger partial charge on any atom is -0.467 e. The number of furan rings is 1. The number of aromatic nitrogens is 1. The number of benzene rings is 3. The third-order valence-corrected chi connectivity index (χ3v) is 6.75. The molecule has 0 atom stereocenters. The van der Waals surface area contributed by atoms with Crippen molar-refractivity contribution in [1.29, 1.82) is 0 Å². The molecular weight excluding hydrogens is 416 g/mol. The van der Waals surface area contributed by atoms with E-state index < -0.39 is 0 Å². The van der Waals surface area contributed by atoms with E-state index >= 15 is 0 Å². The summed E-state index contributed by atoms with van der Waals surface area (Å²) in [6.07, 6.45) is 1.62. The molecule has 0 N–H and O–H groups in total. The number of carbonyl (C=O) groups excluding carboxylic acids is 1. The Balaban J connectivity index is 1.53. The quantitative estimate of drug-likeness (QED) is 0.296. The zero-order valence-electron chi connectivity index (χ0n) is 17.9. The van der Waals surface area contributed by atoms with Crippen LogP contribution in [0.25, 0.3) is 21.3 Å². The van der Waals surface area contributed by atoms with Crippen LogP contribution in [0.3, 0.4) is 0 Å². The van der Waals surface area contributed by atoms with Gasteiger partial charge in [0.2, 0.25) is 0 Å². The van der Waals surface area contributed by atoms with Crippen LogP contribution in [-0.2, 0) is 6.54 Å². The zero-order valence-corrected chi connectivity index (χ0v) is 18.7. The largest absolute Gasteiger partial charge is 0.467 e. The Morgan fingerprint density at radius 1 is 0.875 bits per heavy atom. The lowest BCUT2D eigenvalue weighted by Gasteiger charge is -2.19. The number of carbonyl (C=O) groups is 1. The van der Waals surface area contributed by atoms with Gasteiger partial charge in [-0.25, -0.2) is 4.98 Å². The Kier molecular flexibility index (Phi) is 5.33. The van der Waals surface area contributed by atoms with Crippen molar-refractivity contribution in [3.63, 3.8) is 0 Å². The van der Waals surface area contributed by atoms with Crippen LogP contribution in [0, 0.1) is 13.8 Å². The first kappa shape index (κ1) is 20.2. The first-order valence-corrected chi connectivity index (χ1v) is 11.3. The monoisotopic (exact) mass is 438 g/mol. The molecule has 1 amide bonds. The van der Waals surface area contributed by atoms with E-state index in [-0.39, 0.29) is 5.91 Å². The van der Waals surface area contributed by atoms with E-state index in [1.54, 1.807) is 22.5 Å². The highest BCUT2D eigenvalue weighted by Gasteiger charge is 2.23. The first-order valence-electron chi connectivity index (χ1n) is 10.5. The molecule has 2 aromatic heterocycles. The second-order valence-corrected chi connectivity index (χ2v) is 8.77. The minimum absolute atomic E-state index is 0.102. The summed E-state index contributed by atoms with van der Waals surface area (Å²) < 4.78 is 6.66. The fourth-order valence-corrected chi connectivity index (χ4v) is 4.85. The third-order valence-electron chi connectivity index (χ3n) is 5.54. The maximum atomic E-state index is 13.6. The summed E-state index contributed by atoms with van der Waals surface area (Å²) in [5.74, 6) is 0.613. The number of anilines is 1. The number of thiazole rings is 1. The van der Waals surface area contributed by atoms with Gasteiger partial charge < -0.3 is 4.42 Å². The molecule has 0 saturated carbocycles. The Labute approximate surface area is 190 Å². The number of amides is 1. The molecule has 0 saturated heterocycles. The molecular formula is C27H22N2O2S. The maximum absolute atomic E-state index is 13.6. The van der Waals surface area contributed by atoms with Gasteiger partial charge in [-0.05, 0) is 60.4 Å². The normalized spacial score (nSPS) is 11.1. The zero-order chi connectivity index (χ0) is 22.1. The summed E-state index contributed by atoms with van der Waals surface area (Å²) in [7, 11) is 0. The van der Waals surface area contributed by atoms with Crippen LogP contribution in [0.1, 0.15) is 27.2 Å². The van der Waals surface area contributed by atoms with Crippen molar-refractivity contribution in [3.8, 4) is 11.1 Å². The molecule has 2 heterocycles. The van der Waals surface area contributed by atoms with Gasteiger partial charge in [-0.1, -0.05) is 65.9 Å². The van der Waals surface area contributed by atoms with Crippen molar-refractivity contribution in [2.24, 2.45) is 0 Å². The molecule has 32 heavy (non-hydrogen) atoms. The SMILES string of the molecule is Cc1ccc(C)c2sc(N(Cc3ccco3)C(=O)c3ccc(-c4ccccc4)cc3)nc12. The molecule has 0 aliphatic heterocycles. The topological polar surface area (TPSA) is 46.3 Å². The molecule has 0 bridgehead atoms. The van der Waals surface area contributed by atoms with Crippen LogP contribution in [0.5, 0.6) is 0 Å². The van der Waals surface area contributed by atoms with Crippen LogP contribution < -0.4 is 4.90 Å². The molecule has 0 aliphatic rings. The van der Waals surface area contributed by atoms with Crippen LogP contribution in [-0.4, -0.2) is 10.9 Å². The molecule has 0 spiro atoms. The molecule has 158 valence electrons. The molecule has 0 radical (unpaired) electrons. The smallest absolute Gasteiger partial charge is 0.260 e. The summed E-state index contributed by atoms with van der Waals surface area (Å²) in [5, 5.41) is 0.672. The van der Waals surface area contributed by atoms with Crippen molar-refractivity contribution in [2.45, 2.75) is 20.4 Å². The molecule has 3 aromatic carbocycles. The Morgan fingerprint density at radius 2 is 1.59 bits per heavy atom. The number of fused-ring (bicyclic) bond motifs is 1. The number of nitrogens with zero attached hydrogens (tertiary/aromatic N) is 2. The van der Waals surface area contributed by atoms with Gasteiger partial charge in [-0.15, -0.1) is 0 Å². The Hall–Kier alpha value is -3.70. The van der Waals surface area contributed by atoms with E-state index in [0.717, 1.165) is 32.5 Å². The minimum atomic E-state index is -0.102. The van der Waals surface area contributed by atoms with Crippen molar-refractivity contribution in [2.75, 3.05) is 4.90 Å². The van der Waals surface area contributed by atoms with Gasteiger partial charge in [0, 0.05) is 5.56 Å². The predicted molar refractivity (Wildman–Crippen MR) is 130 cm³/mol. The third kappa shape index (κ3) is 3.83. The van der Waals surface area contributed by atoms with Gasteiger partial charge >= 0.3 is 0 Å². The summed E-state index contributed by atoms with van der Waals surface area (Å²) in [4.78, 5) is 20.2. The molecule has 0 aliphatic carbocycles. The predicted octanol–water partition coefficient (Wildman–Crippen LogP) is 7.02. The number of aryl methyl sites for hydroxylation is 2. The van der Waals surface area contributed by atoms with Gasteiger partial charge in [0.1, 0.15) is 5.76 Å². The highest BCUT2D eigenvalue weighted by Crippen LogP contribution is 2.34. The second-order valence-electron chi connectivity index (χ2n) is 7.79. The van der Waals surface area contributed by atoms with E-state index in [1.807, 2.05) is 61.5 Å². The highest BCUT2D eigenvalue weighted by molar-refractivity contribution is 7.22. The summed E-state index contributed by atoms with van der Waals surface area (Å²) in [6, 6.07) is 25.7. The van der Waals surface area contributed by atoms with Crippen molar-refractivity contribution in [3.05, 3.63) is 108 Å². The van der Waals surface area contributed by atoms with E-state index in [2.05, 4.69) is 31.2 Å². The van der Waals surface area contributed by atoms with Crippen molar-refractivity contribution >= 4 is 32.6 Å². The molecule has 5 heteroatoms. The molecule has 0 fully saturated rings. The van der Waals surface area contributed by atoms with Gasteiger partial charge in [-0.2, -0.15) is 0 Å². The van der Waals surface area contributed by atoms with E-state index in [0.29, 0.717) is 23.0 Å². The van der Waals surface area contributed by atoms with Crippen molar-refractivity contribution < 1.29 is 9.21 Å². The average molecular weight is 439 g/mol. The lowest BCUT2D eigenvalue weighted by atomic mass is 10.0. The standard InChI is InChI=1S/C27H22N2O2S/c1-18-10-11-19(2)25-24(18)28-27(32-25)29(17-23-9-6-16-31-23)26(30)22-14-12-21(13-15-22)20-7-4-3-5-8-20/h3-16H,17H2,1-2H3. The van der Waals surface area contributed by atoms with Crippen LogP contribution in [0.2, 0.25) is 0 Å². The van der Waals surface area contributed by atoms with Crippen LogP contribution >= 0.6 is 11.3 Å². The number of hydrogen-bond acceptors (Lipinski definition) is 4. The molecule has 5 aromatic rings. The summed E-state index contributed by atoms with van der Waals surface area (Å²) in [5.41, 5.74) is 6.02. The second kappa shape index (κ2) is 8.44. The first-order chi connectivity index (χ1) is 15.6. The Morgan fingerprint density at radius 3 is 2.28 bits per heavy atom. The fourth-order valence-electron chi connectivity index (χ4n) is 3.74. The highest BCUT2D eigenvalue weighted by atomic mass is 32.1. The molecule has 4 nitrogen and oxygen atoms in total. The van der Waals surface area contributed by atoms with Gasteiger partial charge in [0.25, 0.3) is 5.91 Å². The van der Waals surface area contributed by atoms with E-state index in [9.17, 15) is 4.79 Å². The van der Waals surface area contributed by atoms with Gasteiger partial charge in [0.15, 0.2) is 5.13 Å². The summed E-state index contributed by atoms with van der Waals surface area (Å²) >= 11 is 1.54. The molecule has 5 rings (SSSR count). The fraction of sp³-hybridized carbons (Fsp3) is 0.111. The van der Waals surface area contributed by atoms with E-state index in [4.69, 9.17) is 9.40 Å². The van der Waals surface area contributed by atoms with Gasteiger partial charge in [0.05, 0.1) is 23.0 Å². The van der Waals surface area contributed by atoms with E-state index in [1.165, 1.54) is 0 Å². The van der Waals surface area contributed by atoms with Crippen LogP contribution in [0.15, 0.2) is 89.5 Å². The van der Waals surface area contributed by atoms with Gasteiger partial charge in [-0.3, -0.25) is 9.69 Å². The average Bonchev–Trinajstić information content (AvgIpc) is 3.51. The Bertz CT molecular complexity index is 1330.